The third-order valence-corrected chi connectivity index (χ3v) is 4.70. The van der Waals surface area contributed by atoms with Crippen molar-refractivity contribution >= 4 is 0 Å². The normalized spacial score (nSPS) is 10.6. The second kappa shape index (κ2) is 17.7. The summed E-state index contributed by atoms with van der Waals surface area (Å²) in [7, 11) is 0. The van der Waals surface area contributed by atoms with Crippen molar-refractivity contribution in [1.29, 1.82) is 0 Å². The number of unbranched alkanes of at least 4 members (excludes halogenated alkanes) is 4. The Labute approximate surface area is 156 Å². The van der Waals surface area contributed by atoms with Gasteiger partial charge in [0.25, 0.3) is 0 Å². The molecule has 0 radical (unpaired) electrons. The zero-order valence-electron chi connectivity index (χ0n) is 17.1. The van der Waals surface area contributed by atoms with Crippen molar-refractivity contribution in [3.05, 3.63) is 30.3 Å². The molecule has 1 aromatic carbocycles. The molecule has 0 aliphatic carbocycles. The minimum Gasteiger partial charge on any atom is -1.00 e. The van der Waals surface area contributed by atoms with Crippen molar-refractivity contribution in [3.8, 4) is 5.75 Å². The van der Waals surface area contributed by atoms with Crippen LogP contribution in [0.15, 0.2) is 30.3 Å². The van der Waals surface area contributed by atoms with E-state index < -0.39 is 0 Å². The third-order valence-electron chi connectivity index (χ3n) is 4.70. The van der Waals surface area contributed by atoms with Crippen molar-refractivity contribution in [2.75, 3.05) is 26.2 Å². The van der Waals surface area contributed by atoms with Crippen molar-refractivity contribution in [2.24, 2.45) is 0 Å². The summed E-state index contributed by atoms with van der Waals surface area (Å²) in [6, 6.07) is 8.71. The van der Waals surface area contributed by atoms with E-state index in [1.165, 1.54) is 82.0 Å². The summed E-state index contributed by atoms with van der Waals surface area (Å²) in [6.07, 6.45) is 11.1. The molecular formula is C22H42FNO. The summed E-state index contributed by atoms with van der Waals surface area (Å²) in [5.41, 5.74) is 0. The fourth-order valence-electron chi connectivity index (χ4n) is 3.07. The van der Waals surface area contributed by atoms with Crippen LogP contribution in [0, 0.1) is 0 Å². The van der Waals surface area contributed by atoms with E-state index in [0.717, 1.165) is 0 Å². The van der Waals surface area contributed by atoms with Gasteiger partial charge in [0.1, 0.15) is 5.75 Å². The van der Waals surface area contributed by atoms with Gasteiger partial charge in [-0.3, -0.25) is 0 Å². The second-order valence-corrected chi connectivity index (χ2v) is 6.99. The van der Waals surface area contributed by atoms with Gasteiger partial charge in [-0.1, -0.05) is 71.6 Å². The van der Waals surface area contributed by atoms with Crippen molar-refractivity contribution in [1.82, 2.24) is 0 Å². The Morgan fingerprint density at radius 3 is 1.16 bits per heavy atom. The summed E-state index contributed by atoms with van der Waals surface area (Å²) in [4.78, 5) is 0. The van der Waals surface area contributed by atoms with E-state index in [4.69, 9.17) is 5.11 Å². The van der Waals surface area contributed by atoms with E-state index >= 15 is 0 Å². The van der Waals surface area contributed by atoms with Crippen LogP contribution in [-0.2, 0) is 0 Å². The van der Waals surface area contributed by atoms with Crippen LogP contribution < -0.4 is 4.70 Å². The highest BCUT2D eigenvalue weighted by Gasteiger charge is 2.24. The Hall–Kier alpha value is -1.09. The predicted octanol–water partition coefficient (Wildman–Crippen LogP) is 3.40. The van der Waals surface area contributed by atoms with Crippen molar-refractivity contribution in [3.63, 3.8) is 0 Å². The van der Waals surface area contributed by atoms with Crippen LogP contribution in [0.2, 0.25) is 0 Å². The molecule has 0 bridgehead atoms. The van der Waals surface area contributed by atoms with E-state index in [2.05, 4.69) is 27.7 Å². The molecule has 0 amide bonds. The van der Waals surface area contributed by atoms with Gasteiger partial charge >= 0.3 is 0 Å². The first-order valence-electron chi connectivity index (χ1n) is 10.2. The number of nitrogens with zero attached hydrogens (tertiary/aromatic N) is 1. The average Bonchev–Trinajstić information content (AvgIpc) is 2.62. The van der Waals surface area contributed by atoms with Crippen LogP contribution in [0.1, 0.15) is 79.1 Å². The minimum atomic E-state index is 0. The molecule has 0 unspecified atom stereocenters. The van der Waals surface area contributed by atoms with Crippen molar-refractivity contribution in [2.45, 2.75) is 79.1 Å². The minimum absolute atomic E-state index is 0. The standard InChI is InChI=1S/C16H36N.C6H6O.FH/c1-5-9-13-17(14-10-6-2,15-11-7-3)16-12-8-4;7-6-4-2-1-3-5-6;/h5-16H2,1-4H3;1-5,7H;1H/q+1;;/p-1. The molecule has 1 rings (SSSR count). The van der Waals surface area contributed by atoms with E-state index in [-0.39, 0.29) is 4.70 Å². The number of aromatic hydroxyl groups is 1. The zero-order chi connectivity index (χ0) is 18.1. The number of hydrogen-bond donors (Lipinski definition) is 1. The number of quaternary nitrogens is 1. The molecule has 2 nitrogen and oxygen atoms in total. The summed E-state index contributed by atoms with van der Waals surface area (Å²) >= 11 is 0. The molecule has 3 heteroatoms. The third kappa shape index (κ3) is 13.8. The van der Waals surface area contributed by atoms with Crippen LogP contribution >= 0.6 is 0 Å². The lowest BCUT2D eigenvalue weighted by molar-refractivity contribution is -0.929. The topological polar surface area (TPSA) is 20.2 Å². The van der Waals surface area contributed by atoms with Gasteiger partial charge in [-0.25, -0.2) is 0 Å². The molecule has 0 spiro atoms. The molecule has 1 aromatic rings. The average molecular weight is 356 g/mol. The first-order valence-corrected chi connectivity index (χ1v) is 10.2. The van der Waals surface area contributed by atoms with Gasteiger partial charge < -0.3 is 14.3 Å². The zero-order valence-corrected chi connectivity index (χ0v) is 17.1. The molecule has 148 valence electrons. The molecular weight excluding hydrogens is 313 g/mol. The van der Waals surface area contributed by atoms with Gasteiger partial charge in [0.15, 0.2) is 0 Å². The Balaban J connectivity index is 0. The highest BCUT2D eigenvalue weighted by Crippen LogP contribution is 2.16. The predicted molar refractivity (Wildman–Crippen MR) is 107 cm³/mol. The van der Waals surface area contributed by atoms with E-state index in [1.54, 1.807) is 24.3 Å². The van der Waals surface area contributed by atoms with Crippen LogP contribution in [0.4, 0.5) is 0 Å². The number of para-hydroxylation sites is 1. The van der Waals surface area contributed by atoms with Gasteiger partial charge in [0, 0.05) is 0 Å². The molecule has 0 heterocycles. The Morgan fingerprint density at radius 2 is 0.960 bits per heavy atom. The number of rotatable bonds is 12. The monoisotopic (exact) mass is 355 g/mol. The lowest BCUT2D eigenvalue weighted by atomic mass is 10.1. The quantitative estimate of drug-likeness (QED) is 0.570. The summed E-state index contributed by atoms with van der Waals surface area (Å²) in [5.74, 6) is 0.322. The van der Waals surface area contributed by atoms with Crippen LogP contribution in [0.3, 0.4) is 0 Å². The first-order chi connectivity index (χ1) is 11.6. The summed E-state index contributed by atoms with van der Waals surface area (Å²) < 4.78 is 1.42. The Bertz CT molecular complexity index is 332. The fraction of sp³-hybridized carbons (Fsp3) is 0.727. The van der Waals surface area contributed by atoms with Crippen LogP contribution in [0.25, 0.3) is 0 Å². The Morgan fingerprint density at radius 1 is 0.640 bits per heavy atom. The maximum Gasteiger partial charge on any atom is 0.115 e. The van der Waals surface area contributed by atoms with Gasteiger partial charge in [-0.05, 0) is 37.8 Å². The van der Waals surface area contributed by atoms with Crippen LogP contribution in [0.5, 0.6) is 5.75 Å². The molecule has 0 aromatic heterocycles. The number of halogens is 1. The van der Waals surface area contributed by atoms with Gasteiger partial charge in [-0.15, -0.1) is 0 Å². The number of hydrogen-bond acceptors (Lipinski definition) is 1. The van der Waals surface area contributed by atoms with Crippen molar-refractivity contribution < 1.29 is 14.3 Å². The highest BCUT2D eigenvalue weighted by molar-refractivity contribution is 5.18. The number of benzene rings is 1. The number of phenolic OH excluding ortho intramolecular Hbond substituents is 1. The molecule has 0 atom stereocenters. The van der Waals surface area contributed by atoms with E-state index in [0.29, 0.717) is 5.75 Å². The Kier molecular flexibility index (Phi) is 18.5. The fourth-order valence-corrected chi connectivity index (χ4v) is 3.07. The molecule has 0 aliphatic heterocycles. The summed E-state index contributed by atoms with van der Waals surface area (Å²) in [6.45, 7) is 15.0. The lowest BCUT2D eigenvalue weighted by Gasteiger charge is -2.39. The second-order valence-electron chi connectivity index (χ2n) is 6.99. The smallest absolute Gasteiger partial charge is 0.115 e. The molecule has 0 fully saturated rings. The molecule has 25 heavy (non-hydrogen) atoms. The van der Waals surface area contributed by atoms with Gasteiger partial charge in [0.05, 0.1) is 26.2 Å². The number of phenols is 1. The largest absolute Gasteiger partial charge is 1.00 e. The summed E-state index contributed by atoms with van der Waals surface area (Å²) in [5, 5.41) is 8.63. The van der Waals surface area contributed by atoms with Gasteiger partial charge in [-0.2, -0.15) is 0 Å². The lowest BCUT2D eigenvalue weighted by Crippen LogP contribution is -3.00. The maximum absolute atomic E-state index is 8.63. The maximum atomic E-state index is 8.63. The highest BCUT2D eigenvalue weighted by atomic mass is 19.0. The molecule has 1 N–H and O–H groups in total. The SMILES string of the molecule is CCCC[N+](CCCC)(CCCC)CCCC.Oc1ccccc1.[F-]. The van der Waals surface area contributed by atoms with Gasteiger partial charge in [0.2, 0.25) is 0 Å². The molecule has 0 saturated carbocycles. The van der Waals surface area contributed by atoms with E-state index in [9.17, 15) is 0 Å². The van der Waals surface area contributed by atoms with E-state index in [1.807, 2.05) is 6.07 Å². The van der Waals surface area contributed by atoms with Crippen LogP contribution in [-0.4, -0.2) is 35.8 Å². The molecule has 0 aliphatic rings. The molecule has 0 saturated heterocycles. The first kappa shape index (κ1) is 26.1.